The van der Waals surface area contributed by atoms with E-state index in [1.807, 2.05) is 19.1 Å². The highest BCUT2D eigenvalue weighted by atomic mass is 32.1. The van der Waals surface area contributed by atoms with Crippen LogP contribution in [0.2, 0.25) is 0 Å². The smallest absolute Gasteiger partial charge is 0.136 e. The van der Waals surface area contributed by atoms with Crippen LogP contribution in [0.4, 0.5) is 5.00 Å². The van der Waals surface area contributed by atoms with Gasteiger partial charge < -0.3 is 14.8 Å². The fraction of sp³-hybridized carbons (Fsp3) is 0.429. The number of aromatic nitrogens is 2. The van der Waals surface area contributed by atoms with Gasteiger partial charge in [-0.2, -0.15) is 0 Å². The van der Waals surface area contributed by atoms with E-state index >= 15 is 0 Å². The van der Waals surface area contributed by atoms with Crippen molar-refractivity contribution in [2.75, 3.05) is 25.6 Å². The first-order chi connectivity index (χ1) is 9.83. The average molecular weight is 293 g/mol. The lowest BCUT2D eigenvalue weighted by Crippen LogP contribution is -2.02. The summed E-state index contributed by atoms with van der Waals surface area (Å²) in [6.45, 7) is 4.06. The Labute approximate surface area is 123 Å². The zero-order chi connectivity index (χ0) is 14.2. The van der Waals surface area contributed by atoms with E-state index in [2.05, 4.69) is 27.0 Å². The van der Waals surface area contributed by atoms with Gasteiger partial charge in [-0.1, -0.05) is 16.6 Å². The van der Waals surface area contributed by atoms with Crippen LogP contribution in [0, 0.1) is 0 Å². The number of nitrogens with zero attached hydrogens (tertiary/aromatic N) is 2. The Kier molecular flexibility index (Phi) is 5.76. The number of rotatable bonds is 8. The summed E-state index contributed by atoms with van der Waals surface area (Å²) in [6.07, 6.45) is 0.914. The Morgan fingerprint density at radius 1 is 1.25 bits per heavy atom. The molecule has 5 nitrogen and oxygen atoms in total. The molecule has 108 valence electrons. The van der Waals surface area contributed by atoms with Crippen molar-refractivity contribution in [3.63, 3.8) is 0 Å². The third kappa shape index (κ3) is 4.18. The summed E-state index contributed by atoms with van der Waals surface area (Å²) < 4.78 is 14.7. The molecular weight excluding hydrogens is 274 g/mol. The van der Waals surface area contributed by atoms with Crippen molar-refractivity contribution in [1.29, 1.82) is 0 Å². The van der Waals surface area contributed by atoms with E-state index < -0.39 is 0 Å². The molecule has 0 unspecified atom stereocenters. The van der Waals surface area contributed by atoms with Crippen molar-refractivity contribution in [1.82, 2.24) is 9.59 Å². The largest absolute Gasteiger partial charge is 0.487 e. The highest BCUT2D eigenvalue weighted by molar-refractivity contribution is 7.10. The lowest BCUT2D eigenvalue weighted by atomic mass is 10.1. The fourth-order valence-electron chi connectivity index (χ4n) is 1.72. The van der Waals surface area contributed by atoms with Gasteiger partial charge in [-0.05, 0) is 31.0 Å². The zero-order valence-corrected chi connectivity index (χ0v) is 12.6. The summed E-state index contributed by atoms with van der Waals surface area (Å²) >= 11 is 1.35. The van der Waals surface area contributed by atoms with Gasteiger partial charge in [-0.25, -0.2) is 0 Å². The first-order valence-electron chi connectivity index (χ1n) is 6.59. The molecule has 20 heavy (non-hydrogen) atoms. The van der Waals surface area contributed by atoms with Crippen molar-refractivity contribution >= 4 is 16.5 Å². The molecule has 0 amide bonds. The van der Waals surface area contributed by atoms with E-state index in [1.165, 1.54) is 17.1 Å². The second kappa shape index (κ2) is 7.81. The van der Waals surface area contributed by atoms with E-state index in [0.29, 0.717) is 6.61 Å². The maximum atomic E-state index is 5.73. The molecular formula is C14H19N3O2S. The monoisotopic (exact) mass is 293 g/mol. The lowest BCUT2D eigenvalue weighted by Gasteiger charge is -2.07. The molecule has 0 atom stereocenters. The minimum absolute atomic E-state index is 0.427. The van der Waals surface area contributed by atoms with Crippen molar-refractivity contribution in [3.05, 3.63) is 35.5 Å². The summed E-state index contributed by atoms with van der Waals surface area (Å²) in [4.78, 5) is 0. The predicted octanol–water partition coefficient (Wildman–Crippen LogP) is 2.74. The van der Waals surface area contributed by atoms with E-state index in [9.17, 15) is 0 Å². The van der Waals surface area contributed by atoms with Crippen LogP contribution < -0.4 is 10.1 Å². The Hall–Kier alpha value is -1.66. The highest BCUT2D eigenvalue weighted by Crippen LogP contribution is 2.20. The van der Waals surface area contributed by atoms with Gasteiger partial charge in [0.1, 0.15) is 23.1 Å². The molecule has 0 radical (unpaired) electrons. The third-order valence-electron chi connectivity index (χ3n) is 2.79. The second-order valence-corrected chi connectivity index (χ2v) is 5.01. The van der Waals surface area contributed by atoms with Gasteiger partial charge in [-0.3, -0.25) is 0 Å². The van der Waals surface area contributed by atoms with Crippen molar-refractivity contribution in [2.45, 2.75) is 20.0 Å². The van der Waals surface area contributed by atoms with E-state index in [0.717, 1.165) is 36.0 Å². The van der Waals surface area contributed by atoms with Gasteiger partial charge in [0.05, 0.1) is 6.61 Å². The van der Waals surface area contributed by atoms with Crippen LogP contribution in [0.25, 0.3) is 0 Å². The first kappa shape index (κ1) is 14.7. The van der Waals surface area contributed by atoms with Crippen LogP contribution in [0.3, 0.4) is 0 Å². The zero-order valence-electron chi connectivity index (χ0n) is 11.8. The molecule has 1 heterocycles. The van der Waals surface area contributed by atoms with Gasteiger partial charge >= 0.3 is 0 Å². The first-order valence-corrected chi connectivity index (χ1v) is 7.36. The number of hydrogen-bond donors (Lipinski definition) is 1. The van der Waals surface area contributed by atoms with Crippen LogP contribution in [-0.2, 0) is 17.8 Å². The topological polar surface area (TPSA) is 56.3 Å². The number of ether oxygens (including phenoxy) is 2. The number of anilines is 1. The molecule has 0 aliphatic carbocycles. The molecule has 0 spiro atoms. The molecule has 0 bridgehead atoms. The quantitative estimate of drug-likeness (QED) is 0.811. The fourth-order valence-corrected chi connectivity index (χ4v) is 2.36. The van der Waals surface area contributed by atoms with Crippen molar-refractivity contribution in [2.24, 2.45) is 0 Å². The number of nitrogens with one attached hydrogen (secondary N) is 1. The van der Waals surface area contributed by atoms with E-state index in [4.69, 9.17) is 9.47 Å². The summed E-state index contributed by atoms with van der Waals surface area (Å²) in [6, 6.07) is 8.05. The minimum atomic E-state index is 0.427. The van der Waals surface area contributed by atoms with Crippen LogP contribution in [-0.4, -0.2) is 29.8 Å². The average Bonchev–Trinajstić information content (AvgIpc) is 2.92. The van der Waals surface area contributed by atoms with Gasteiger partial charge in [0, 0.05) is 25.2 Å². The summed E-state index contributed by atoms with van der Waals surface area (Å²) in [5, 5.41) is 8.27. The Morgan fingerprint density at radius 2 is 2.05 bits per heavy atom. The Morgan fingerprint density at radius 3 is 2.75 bits per heavy atom. The summed E-state index contributed by atoms with van der Waals surface area (Å²) in [5.41, 5.74) is 2.09. The van der Waals surface area contributed by atoms with Gasteiger partial charge in [0.25, 0.3) is 0 Å². The number of methoxy groups -OCH3 is 1. The highest BCUT2D eigenvalue weighted by Gasteiger charge is 2.07. The lowest BCUT2D eigenvalue weighted by molar-refractivity contribution is 0.202. The van der Waals surface area contributed by atoms with Gasteiger partial charge in [-0.15, -0.1) is 5.10 Å². The van der Waals surface area contributed by atoms with Gasteiger partial charge in [0.15, 0.2) is 0 Å². The maximum Gasteiger partial charge on any atom is 0.136 e. The normalized spacial score (nSPS) is 10.5. The Balaban J connectivity index is 1.88. The molecule has 1 aromatic heterocycles. The molecule has 0 aliphatic heterocycles. The van der Waals surface area contributed by atoms with Crippen molar-refractivity contribution in [3.8, 4) is 5.75 Å². The molecule has 2 rings (SSSR count). The summed E-state index contributed by atoms with van der Waals surface area (Å²) in [7, 11) is 1.71. The number of benzene rings is 1. The second-order valence-electron chi connectivity index (χ2n) is 4.25. The minimum Gasteiger partial charge on any atom is -0.487 e. The van der Waals surface area contributed by atoms with Crippen molar-refractivity contribution < 1.29 is 9.47 Å². The molecule has 1 N–H and O–H groups in total. The van der Waals surface area contributed by atoms with Crippen LogP contribution in [0.15, 0.2) is 24.3 Å². The standard InChI is InChI=1S/C14H19N3O2S/c1-3-15-14-13(16-17-20-14)10-19-12-6-4-11(5-7-12)8-9-18-2/h4-7,15H,3,8-10H2,1-2H3. The Bertz CT molecular complexity index is 513. The molecule has 0 saturated carbocycles. The van der Waals surface area contributed by atoms with Crippen LogP contribution >= 0.6 is 11.5 Å². The van der Waals surface area contributed by atoms with Gasteiger partial charge in [0.2, 0.25) is 0 Å². The van der Waals surface area contributed by atoms with E-state index in [-0.39, 0.29) is 0 Å². The molecule has 0 fully saturated rings. The predicted molar refractivity (Wildman–Crippen MR) is 80.4 cm³/mol. The van der Waals surface area contributed by atoms with Crippen LogP contribution in [0.1, 0.15) is 18.2 Å². The molecule has 0 saturated heterocycles. The third-order valence-corrected chi connectivity index (χ3v) is 3.51. The molecule has 6 heteroatoms. The number of hydrogen-bond acceptors (Lipinski definition) is 6. The molecule has 1 aromatic carbocycles. The maximum absolute atomic E-state index is 5.73. The molecule has 2 aromatic rings. The van der Waals surface area contributed by atoms with Crippen LogP contribution in [0.5, 0.6) is 5.75 Å². The van der Waals surface area contributed by atoms with E-state index in [1.54, 1.807) is 7.11 Å². The summed E-state index contributed by atoms with van der Waals surface area (Å²) in [5.74, 6) is 0.835. The molecule has 0 aliphatic rings. The SMILES string of the molecule is CCNc1snnc1COc1ccc(CCOC)cc1.